The molecular weight excluding hydrogens is 440 g/mol. The zero-order valence-corrected chi connectivity index (χ0v) is 14.5. The number of carbonyl (C=O) groups is 1. The summed E-state index contributed by atoms with van der Waals surface area (Å²) >= 11 is 11.6. The molecule has 0 aliphatic carbocycles. The molecule has 2 aromatic carbocycles. The van der Waals surface area contributed by atoms with E-state index in [0.29, 0.717) is 10.6 Å². The fourth-order valence-electron chi connectivity index (χ4n) is 1.58. The largest absolute Gasteiger partial charge is 0.321 e. The van der Waals surface area contributed by atoms with Crippen LogP contribution in [0.1, 0.15) is 15.9 Å². The number of aryl methyl sites for hydroxylation is 1. The molecule has 1 N–H and O–H groups in total. The van der Waals surface area contributed by atoms with E-state index in [1.54, 1.807) is 12.1 Å². The molecule has 0 aliphatic heterocycles. The predicted molar refractivity (Wildman–Crippen MR) is 91.0 cm³/mol. The van der Waals surface area contributed by atoms with E-state index in [-0.39, 0.29) is 5.91 Å². The molecular formula is C14H10BrClINO. The van der Waals surface area contributed by atoms with E-state index in [1.165, 1.54) is 0 Å². The van der Waals surface area contributed by atoms with Crippen molar-refractivity contribution in [3.63, 3.8) is 0 Å². The van der Waals surface area contributed by atoms with E-state index in [9.17, 15) is 4.79 Å². The van der Waals surface area contributed by atoms with E-state index >= 15 is 0 Å². The Morgan fingerprint density at radius 3 is 2.63 bits per heavy atom. The quantitative estimate of drug-likeness (QED) is 0.621. The van der Waals surface area contributed by atoms with Crippen molar-refractivity contribution in [1.29, 1.82) is 0 Å². The number of hydrogen-bond acceptors (Lipinski definition) is 1. The fourth-order valence-corrected chi connectivity index (χ4v) is 3.34. The van der Waals surface area contributed by atoms with Crippen LogP contribution in [0.25, 0.3) is 0 Å². The summed E-state index contributed by atoms with van der Waals surface area (Å²) in [6.45, 7) is 1.94. The van der Waals surface area contributed by atoms with Gasteiger partial charge in [0.05, 0.1) is 16.3 Å². The van der Waals surface area contributed by atoms with Crippen molar-refractivity contribution in [1.82, 2.24) is 0 Å². The first-order chi connectivity index (χ1) is 8.97. The summed E-state index contributed by atoms with van der Waals surface area (Å²) in [5.41, 5.74) is 2.27. The first-order valence-electron chi connectivity index (χ1n) is 5.50. The topological polar surface area (TPSA) is 29.1 Å². The molecule has 0 radical (unpaired) electrons. The van der Waals surface area contributed by atoms with Gasteiger partial charge < -0.3 is 5.32 Å². The van der Waals surface area contributed by atoms with Crippen molar-refractivity contribution in [2.45, 2.75) is 6.92 Å². The fraction of sp³-hybridized carbons (Fsp3) is 0.0714. The molecule has 98 valence electrons. The number of benzene rings is 2. The Morgan fingerprint density at radius 1 is 1.26 bits per heavy atom. The Labute approximate surface area is 138 Å². The third kappa shape index (κ3) is 3.70. The molecule has 5 heteroatoms. The Kier molecular flexibility index (Phi) is 4.86. The zero-order chi connectivity index (χ0) is 14.0. The maximum Gasteiger partial charge on any atom is 0.257 e. The van der Waals surface area contributed by atoms with Crippen LogP contribution in [-0.4, -0.2) is 5.91 Å². The molecule has 0 aliphatic rings. The number of rotatable bonds is 2. The van der Waals surface area contributed by atoms with Gasteiger partial charge in [-0.05, 0) is 65.4 Å². The molecule has 19 heavy (non-hydrogen) atoms. The van der Waals surface area contributed by atoms with Crippen molar-refractivity contribution in [2.24, 2.45) is 0 Å². The number of hydrogen-bond donors (Lipinski definition) is 1. The van der Waals surface area contributed by atoms with Gasteiger partial charge in [-0.25, -0.2) is 0 Å². The summed E-state index contributed by atoms with van der Waals surface area (Å²) in [6, 6.07) is 11.1. The molecule has 2 nitrogen and oxygen atoms in total. The Bertz CT molecular complexity index is 645. The molecule has 0 heterocycles. The lowest BCUT2D eigenvalue weighted by molar-refractivity contribution is 0.102. The Morgan fingerprint density at radius 2 is 2.00 bits per heavy atom. The smallest absolute Gasteiger partial charge is 0.257 e. The number of carbonyl (C=O) groups excluding carboxylic acids is 1. The van der Waals surface area contributed by atoms with E-state index in [2.05, 4.69) is 43.8 Å². The predicted octanol–water partition coefficient (Wildman–Crippen LogP) is 5.27. The number of amides is 1. The lowest BCUT2D eigenvalue weighted by atomic mass is 10.1. The van der Waals surface area contributed by atoms with E-state index in [0.717, 1.165) is 19.3 Å². The molecule has 0 atom stereocenters. The first kappa shape index (κ1) is 14.8. The van der Waals surface area contributed by atoms with Crippen LogP contribution in [-0.2, 0) is 0 Å². The van der Waals surface area contributed by atoms with Crippen molar-refractivity contribution in [3.05, 3.63) is 60.6 Å². The monoisotopic (exact) mass is 449 g/mol. The van der Waals surface area contributed by atoms with Gasteiger partial charge in [-0.3, -0.25) is 4.79 Å². The number of halogens is 3. The molecule has 0 spiro atoms. The highest BCUT2D eigenvalue weighted by Gasteiger charge is 2.12. The van der Waals surface area contributed by atoms with E-state index in [4.69, 9.17) is 11.6 Å². The van der Waals surface area contributed by atoms with Gasteiger partial charge in [-0.15, -0.1) is 0 Å². The minimum atomic E-state index is -0.203. The molecule has 2 rings (SSSR count). The average Bonchev–Trinajstić information content (AvgIpc) is 2.32. The molecule has 0 saturated heterocycles. The molecule has 0 bridgehead atoms. The van der Waals surface area contributed by atoms with Gasteiger partial charge in [-0.1, -0.05) is 33.6 Å². The van der Waals surface area contributed by atoms with Crippen LogP contribution >= 0.6 is 50.1 Å². The van der Waals surface area contributed by atoms with Crippen molar-refractivity contribution in [2.75, 3.05) is 5.32 Å². The maximum absolute atomic E-state index is 12.2. The van der Waals surface area contributed by atoms with Crippen LogP contribution in [0.4, 0.5) is 5.69 Å². The summed E-state index contributed by atoms with van der Waals surface area (Å²) < 4.78 is 1.94. The highest BCUT2D eigenvalue weighted by molar-refractivity contribution is 14.1. The SMILES string of the molecule is Cc1ccc(C(=O)Nc2ccc(Br)cc2I)c(Cl)c1. The lowest BCUT2D eigenvalue weighted by Crippen LogP contribution is -2.13. The van der Waals surface area contributed by atoms with Gasteiger partial charge >= 0.3 is 0 Å². The number of anilines is 1. The van der Waals surface area contributed by atoms with Gasteiger partial charge in [0, 0.05) is 8.04 Å². The van der Waals surface area contributed by atoms with Gasteiger partial charge in [-0.2, -0.15) is 0 Å². The van der Waals surface area contributed by atoms with E-state index in [1.807, 2.05) is 31.2 Å². The third-order valence-electron chi connectivity index (χ3n) is 2.55. The van der Waals surface area contributed by atoms with E-state index < -0.39 is 0 Å². The summed E-state index contributed by atoms with van der Waals surface area (Å²) in [5.74, 6) is -0.203. The Balaban J connectivity index is 2.25. The second kappa shape index (κ2) is 6.24. The second-order valence-corrected chi connectivity index (χ2v) is 6.55. The Hall–Kier alpha value is -0.590. The highest BCUT2D eigenvalue weighted by atomic mass is 127. The lowest BCUT2D eigenvalue weighted by Gasteiger charge is -2.09. The highest BCUT2D eigenvalue weighted by Crippen LogP contribution is 2.24. The van der Waals surface area contributed by atoms with Crippen molar-refractivity contribution < 1.29 is 4.79 Å². The second-order valence-electron chi connectivity index (χ2n) is 4.06. The molecule has 0 saturated carbocycles. The maximum atomic E-state index is 12.2. The summed E-state index contributed by atoms with van der Waals surface area (Å²) in [4.78, 5) is 12.2. The average molecular weight is 451 g/mol. The van der Waals surface area contributed by atoms with Crippen molar-refractivity contribution >= 4 is 61.7 Å². The first-order valence-corrected chi connectivity index (χ1v) is 7.75. The molecule has 0 unspecified atom stereocenters. The molecule has 1 amide bonds. The molecule has 0 fully saturated rings. The third-order valence-corrected chi connectivity index (χ3v) is 4.25. The normalized spacial score (nSPS) is 10.3. The molecule has 2 aromatic rings. The van der Waals surface area contributed by atoms with Crippen LogP contribution in [0.3, 0.4) is 0 Å². The van der Waals surface area contributed by atoms with Gasteiger partial charge in [0.25, 0.3) is 5.91 Å². The number of nitrogens with one attached hydrogen (secondary N) is 1. The minimum absolute atomic E-state index is 0.203. The van der Waals surface area contributed by atoms with Gasteiger partial charge in [0.15, 0.2) is 0 Å². The van der Waals surface area contributed by atoms with Crippen LogP contribution in [0.15, 0.2) is 40.9 Å². The summed E-state index contributed by atoms with van der Waals surface area (Å²) in [6.07, 6.45) is 0. The summed E-state index contributed by atoms with van der Waals surface area (Å²) in [5, 5.41) is 3.32. The molecule has 0 aromatic heterocycles. The van der Waals surface area contributed by atoms with Gasteiger partial charge in [0.2, 0.25) is 0 Å². The minimum Gasteiger partial charge on any atom is -0.321 e. The van der Waals surface area contributed by atoms with Gasteiger partial charge in [0.1, 0.15) is 0 Å². The van der Waals surface area contributed by atoms with Crippen LogP contribution < -0.4 is 5.32 Å². The van der Waals surface area contributed by atoms with Crippen LogP contribution in [0, 0.1) is 10.5 Å². The van der Waals surface area contributed by atoms with Crippen LogP contribution in [0.5, 0.6) is 0 Å². The van der Waals surface area contributed by atoms with Crippen LogP contribution in [0.2, 0.25) is 5.02 Å². The zero-order valence-electron chi connectivity index (χ0n) is 10.0. The standard InChI is InChI=1S/C14H10BrClINO/c1-8-2-4-10(11(16)6-8)14(19)18-13-5-3-9(15)7-12(13)17/h2-7H,1H3,(H,18,19). The summed E-state index contributed by atoms with van der Waals surface area (Å²) in [7, 11) is 0. The van der Waals surface area contributed by atoms with Crippen molar-refractivity contribution in [3.8, 4) is 0 Å².